The number of aryl methyl sites for hydroxylation is 1. The minimum Gasteiger partial charge on any atom is -0.355 e. The van der Waals surface area contributed by atoms with Crippen molar-refractivity contribution < 1.29 is 8.42 Å². The van der Waals surface area contributed by atoms with Gasteiger partial charge in [0.15, 0.2) is 5.03 Å². The first kappa shape index (κ1) is 15.9. The van der Waals surface area contributed by atoms with Crippen molar-refractivity contribution in [1.82, 2.24) is 18.8 Å². The van der Waals surface area contributed by atoms with Crippen LogP contribution in [0.25, 0.3) is 0 Å². The van der Waals surface area contributed by atoms with Gasteiger partial charge in [0.05, 0.1) is 6.33 Å². The molecule has 7 nitrogen and oxygen atoms in total. The molecule has 1 saturated heterocycles. The van der Waals surface area contributed by atoms with E-state index in [1.54, 1.807) is 24.9 Å². The summed E-state index contributed by atoms with van der Waals surface area (Å²) in [6.07, 6.45) is 6.56. The fourth-order valence-electron chi connectivity index (χ4n) is 2.87. The quantitative estimate of drug-likeness (QED) is 0.837. The standard InChI is InChI=1S/C15H21N5O2S/c1-18-11-15(17-12-18)23(21,22)19(2)13-6-5-9-20(10-13)14-7-3-4-8-16-14/h3-4,7-8,11-13H,5-6,9-10H2,1-2H3. The number of likely N-dealkylation sites (N-methyl/N-ethyl adjacent to an activating group) is 1. The van der Waals surface area contributed by atoms with E-state index in [0.29, 0.717) is 6.54 Å². The Kier molecular flexibility index (Phi) is 4.36. The van der Waals surface area contributed by atoms with Crippen LogP contribution in [0.2, 0.25) is 0 Å². The number of nitrogens with zero attached hydrogens (tertiary/aromatic N) is 5. The molecule has 1 fully saturated rings. The SMILES string of the molecule is CN(C1CCCN(c2ccccn2)C1)S(=O)(=O)c1cn(C)cn1. The molecule has 1 aliphatic heterocycles. The van der Waals surface area contributed by atoms with E-state index in [-0.39, 0.29) is 11.1 Å². The fourth-order valence-corrected chi connectivity index (χ4v) is 4.21. The molecule has 0 radical (unpaired) electrons. The average molecular weight is 335 g/mol. The van der Waals surface area contributed by atoms with Crippen molar-refractivity contribution in [3.05, 3.63) is 36.9 Å². The number of pyridine rings is 1. The number of rotatable bonds is 4. The molecular weight excluding hydrogens is 314 g/mol. The van der Waals surface area contributed by atoms with Gasteiger partial charge in [0.1, 0.15) is 5.82 Å². The number of imidazole rings is 1. The molecule has 23 heavy (non-hydrogen) atoms. The normalized spacial score (nSPS) is 19.3. The van der Waals surface area contributed by atoms with E-state index in [0.717, 1.165) is 25.2 Å². The summed E-state index contributed by atoms with van der Waals surface area (Å²) in [6.45, 7) is 1.53. The lowest BCUT2D eigenvalue weighted by Crippen LogP contribution is -2.48. The van der Waals surface area contributed by atoms with E-state index >= 15 is 0 Å². The van der Waals surface area contributed by atoms with Crippen molar-refractivity contribution in [3.63, 3.8) is 0 Å². The second-order valence-electron chi connectivity index (χ2n) is 5.83. The van der Waals surface area contributed by atoms with Crippen molar-refractivity contribution in [2.24, 2.45) is 7.05 Å². The predicted molar refractivity (Wildman–Crippen MR) is 87.6 cm³/mol. The highest BCUT2D eigenvalue weighted by atomic mass is 32.2. The molecule has 1 atom stereocenters. The molecule has 0 spiro atoms. The highest BCUT2D eigenvalue weighted by Gasteiger charge is 2.33. The van der Waals surface area contributed by atoms with Gasteiger partial charge in [-0.3, -0.25) is 0 Å². The number of piperidine rings is 1. The van der Waals surface area contributed by atoms with Crippen molar-refractivity contribution in [3.8, 4) is 0 Å². The second-order valence-corrected chi connectivity index (χ2v) is 7.77. The molecule has 2 aromatic heterocycles. The molecule has 0 bridgehead atoms. The molecule has 2 aromatic rings. The third-order valence-corrected chi connectivity index (χ3v) is 6.00. The van der Waals surface area contributed by atoms with Gasteiger partial charge >= 0.3 is 0 Å². The summed E-state index contributed by atoms with van der Waals surface area (Å²) < 4.78 is 28.5. The highest BCUT2D eigenvalue weighted by Crippen LogP contribution is 2.23. The molecule has 124 valence electrons. The van der Waals surface area contributed by atoms with Crippen LogP contribution >= 0.6 is 0 Å². The number of aromatic nitrogens is 3. The van der Waals surface area contributed by atoms with Gasteiger partial charge in [-0.15, -0.1) is 0 Å². The van der Waals surface area contributed by atoms with Gasteiger partial charge < -0.3 is 9.47 Å². The Bertz CT molecular complexity index is 759. The zero-order chi connectivity index (χ0) is 16.4. The molecule has 0 N–H and O–H groups in total. The summed E-state index contributed by atoms with van der Waals surface area (Å²) in [7, 11) is -0.174. The zero-order valence-electron chi connectivity index (χ0n) is 13.3. The highest BCUT2D eigenvalue weighted by molar-refractivity contribution is 7.89. The first-order valence-corrected chi connectivity index (χ1v) is 9.04. The lowest BCUT2D eigenvalue weighted by Gasteiger charge is -2.37. The maximum Gasteiger partial charge on any atom is 0.262 e. The minimum atomic E-state index is -3.57. The summed E-state index contributed by atoms with van der Waals surface area (Å²) in [5.41, 5.74) is 0. The molecule has 0 saturated carbocycles. The van der Waals surface area contributed by atoms with E-state index < -0.39 is 10.0 Å². The fraction of sp³-hybridized carbons (Fsp3) is 0.467. The van der Waals surface area contributed by atoms with Crippen LogP contribution in [0.5, 0.6) is 0 Å². The Labute approximate surface area is 136 Å². The molecule has 0 aliphatic carbocycles. The van der Waals surface area contributed by atoms with Gasteiger partial charge in [0.25, 0.3) is 10.0 Å². The van der Waals surface area contributed by atoms with E-state index in [1.165, 1.54) is 16.8 Å². The number of hydrogen-bond donors (Lipinski definition) is 0. The second kappa shape index (κ2) is 6.29. The van der Waals surface area contributed by atoms with Gasteiger partial charge in [-0.25, -0.2) is 18.4 Å². The summed E-state index contributed by atoms with van der Waals surface area (Å²) in [4.78, 5) is 10.5. The van der Waals surface area contributed by atoms with Crippen LogP contribution in [0, 0.1) is 0 Å². The van der Waals surface area contributed by atoms with Crippen LogP contribution in [-0.4, -0.2) is 53.4 Å². The molecule has 3 rings (SSSR count). The molecule has 0 amide bonds. The minimum absolute atomic E-state index is 0.0854. The van der Waals surface area contributed by atoms with Gasteiger partial charge in [0.2, 0.25) is 0 Å². The molecular formula is C15H21N5O2S. The van der Waals surface area contributed by atoms with Crippen molar-refractivity contribution in [2.75, 3.05) is 25.0 Å². The molecule has 1 unspecified atom stereocenters. The van der Waals surface area contributed by atoms with Gasteiger partial charge in [-0.1, -0.05) is 6.07 Å². The number of hydrogen-bond acceptors (Lipinski definition) is 5. The number of anilines is 1. The average Bonchev–Trinajstić information content (AvgIpc) is 3.02. The molecule has 3 heterocycles. The Morgan fingerprint density at radius 3 is 2.78 bits per heavy atom. The largest absolute Gasteiger partial charge is 0.355 e. The van der Waals surface area contributed by atoms with Crippen molar-refractivity contribution in [2.45, 2.75) is 23.9 Å². The van der Waals surface area contributed by atoms with E-state index in [9.17, 15) is 8.42 Å². The summed E-state index contributed by atoms with van der Waals surface area (Å²) in [6, 6.07) is 5.69. The lowest BCUT2D eigenvalue weighted by molar-refractivity contribution is 0.319. The Morgan fingerprint density at radius 2 is 2.13 bits per heavy atom. The van der Waals surface area contributed by atoms with E-state index in [2.05, 4.69) is 14.9 Å². The van der Waals surface area contributed by atoms with E-state index in [4.69, 9.17) is 0 Å². The molecule has 8 heteroatoms. The third-order valence-electron chi connectivity index (χ3n) is 4.21. The Morgan fingerprint density at radius 1 is 1.30 bits per heavy atom. The van der Waals surface area contributed by atoms with Crippen LogP contribution in [0.4, 0.5) is 5.82 Å². The smallest absolute Gasteiger partial charge is 0.262 e. The zero-order valence-corrected chi connectivity index (χ0v) is 14.1. The Hall–Kier alpha value is -1.93. The summed E-state index contributed by atoms with van der Waals surface area (Å²) in [5.74, 6) is 0.890. The number of sulfonamides is 1. The van der Waals surface area contributed by atoms with Crippen molar-refractivity contribution in [1.29, 1.82) is 0 Å². The monoisotopic (exact) mass is 335 g/mol. The van der Waals surface area contributed by atoms with Gasteiger partial charge in [0, 0.05) is 45.6 Å². The van der Waals surface area contributed by atoms with Crippen LogP contribution in [0.15, 0.2) is 41.9 Å². The molecule has 1 aliphatic rings. The third kappa shape index (κ3) is 3.23. The van der Waals surface area contributed by atoms with Crippen LogP contribution in [-0.2, 0) is 17.1 Å². The maximum atomic E-state index is 12.7. The topological polar surface area (TPSA) is 71.3 Å². The summed E-state index contributed by atoms with van der Waals surface area (Å²) in [5, 5.41) is 0.0949. The van der Waals surface area contributed by atoms with E-state index in [1.807, 2.05) is 18.2 Å². The maximum absolute atomic E-state index is 12.7. The van der Waals surface area contributed by atoms with Crippen LogP contribution in [0.1, 0.15) is 12.8 Å². The lowest BCUT2D eigenvalue weighted by atomic mass is 10.1. The Balaban J connectivity index is 1.78. The van der Waals surface area contributed by atoms with Gasteiger partial charge in [-0.2, -0.15) is 4.31 Å². The first-order valence-electron chi connectivity index (χ1n) is 7.60. The predicted octanol–water partition coefficient (Wildman–Crippen LogP) is 1.10. The summed E-state index contributed by atoms with van der Waals surface area (Å²) >= 11 is 0. The first-order chi connectivity index (χ1) is 11.0. The van der Waals surface area contributed by atoms with Crippen LogP contribution in [0.3, 0.4) is 0 Å². The van der Waals surface area contributed by atoms with Crippen LogP contribution < -0.4 is 4.90 Å². The molecule has 0 aromatic carbocycles. The van der Waals surface area contributed by atoms with Crippen molar-refractivity contribution >= 4 is 15.8 Å². The van der Waals surface area contributed by atoms with Gasteiger partial charge in [-0.05, 0) is 25.0 Å².